The van der Waals surface area contributed by atoms with Crippen LogP contribution < -0.4 is 5.73 Å². The van der Waals surface area contributed by atoms with Gasteiger partial charge in [-0.3, -0.25) is 14.4 Å². The van der Waals surface area contributed by atoms with Gasteiger partial charge in [0.25, 0.3) is 0 Å². The number of primary amides is 1. The van der Waals surface area contributed by atoms with Crippen LogP contribution in [-0.2, 0) is 24.4 Å². The van der Waals surface area contributed by atoms with Gasteiger partial charge in [-0.2, -0.15) is 5.10 Å². The molecule has 0 aliphatic carbocycles. The predicted octanol–water partition coefficient (Wildman–Crippen LogP) is -0.638. The third kappa shape index (κ3) is 1.63. The van der Waals surface area contributed by atoms with Crippen molar-refractivity contribution in [3.8, 4) is 0 Å². The van der Waals surface area contributed by atoms with Crippen LogP contribution in [-0.4, -0.2) is 31.8 Å². The highest BCUT2D eigenvalue weighted by Crippen LogP contribution is 2.21. The average Bonchev–Trinajstić information content (AvgIpc) is 2.66. The maximum absolute atomic E-state index is 10.7. The summed E-state index contributed by atoms with van der Waals surface area (Å²) >= 11 is 0. The van der Waals surface area contributed by atoms with Gasteiger partial charge in [0, 0.05) is 5.56 Å². The molecule has 0 spiro atoms. The number of carbonyl (C=O) groups excluding carboxylic acids is 1. The van der Waals surface area contributed by atoms with E-state index in [2.05, 4.69) is 5.10 Å². The summed E-state index contributed by atoms with van der Waals surface area (Å²) in [6.45, 7) is 0.574. The number of hydrogen-bond donors (Lipinski definition) is 2. The third-order valence-corrected chi connectivity index (χ3v) is 2.31. The molecule has 80 valence electrons. The van der Waals surface area contributed by atoms with Gasteiger partial charge < -0.3 is 10.8 Å². The van der Waals surface area contributed by atoms with Gasteiger partial charge in [-0.15, -0.1) is 0 Å². The van der Waals surface area contributed by atoms with Crippen molar-refractivity contribution in [3.63, 3.8) is 0 Å². The van der Waals surface area contributed by atoms with E-state index < -0.39 is 12.0 Å². The lowest BCUT2D eigenvalue weighted by atomic mass is 10.3. The minimum Gasteiger partial charge on any atom is -0.465 e. The van der Waals surface area contributed by atoms with Crippen molar-refractivity contribution >= 4 is 12.0 Å². The Balaban J connectivity index is 2.21. The number of hydrogen-bond acceptors (Lipinski definition) is 3. The molecule has 15 heavy (non-hydrogen) atoms. The number of nitrogens with two attached hydrogens (primary N) is 1. The van der Waals surface area contributed by atoms with Crippen molar-refractivity contribution in [1.82, 2.24) is 14.7 Å². The topological polar surface area (TPSA) is 101 Å². The lowest BCUT2D eigenvalue weighted by molar-refractivity contribution is -0.118. The van der Waals surface area contributed by atoms with E-state index in [0.29, 0.717) is 6.54 Å². The van der Waals surface area contributed by atoms with Crippen LogP contribution in [0.1, 0.15) is 11.3 Å². The Morgan fingerprint density at radius 3 is 2.87 bits per heavy atom. The van der Waals surface area contributed by atoms with Crippen LogP contribution in [0.2, 0.25) is 0 Å². The number of fused-ring (bicyclic) bond motifs is 1. The van der Waals surface area contributed by atoms with E-state index in [4.69, 9.17) is 10.8 Å². The maximum atomic E-state index is 10.7. The van der Waals surface area contributed by atoms with Crippen LogP contribution in [0.4, 0.5) is 4.79 Å². The molecule has 0 saturated heterocycles. The first-order chi connectivity index (χ1) is 7.08. The Kier molecular flexibility index (Phi) is 2.07. The molecule has 1 aromatic heterocycles. The van der Waals surface area contributed by atoms with Crippen LogP contribution in [0, 0.1) is 0 Å². The van der Waals surface area contributed by atoms with Gasteiger partial charge in [-0.1, -0.05) is 0 Å². The standard InChI is InChI=1S/C8H10N4O3/c9-7(13)4-12-6-3-11(8(14)15)2-5(6)1-10-12/h1H,2-4H2,(H2,9,13)(H,14,15). The van der Waals surface area contributed by atoms with E-state index in [-0.39, 0.29) is 13.1 Å². The van der Waals surface area contributed by atoms with Crippen LogP contribution in [0.5, 0.6) is 0 Å². The second-order valence-electron chi connectivity index (χ2n) is 3.38. The quantitative estimate of drug-likeness (QED) is 0.677. The van der Waals surface area contributed by atoms with Gasteiger partial charge in [0.15, 0.2) is 0 Å². The molecule has 7 heteroatoms. The molecule has 0 atom stereocenters. The van der Waals surface area contributed by atoms with Crippen molar-refractivity contribution in [1.29, 1.82) is 0 Å². The van der Waals surface area contributed by atoms with Crippen molar-refractivity contribution in [2.45, 2.75) is 19.6 Å². The molecule has 0 radical (unpaired) electrons. The maximum Gasteiger partial charge on any atom is 0.407 e. The fraction of sp³-hybridized carbons (Fsp3) is 0.375. The summed E-state index contributed by atoms with van der Waals surface area (Å²) in [5.74, 6) is -0.491. The second kappa shape index (κ2) is 3.26. The van der Waals surface area contributed by atoms with Gasteiger partial charge in [0.2, 0.25) is 5.91 Å². The van der Waals surface area contributed by atoms with E-state index in [1.807, 2.05) is 0 Å². The number of carboxylic acid groups (broad SMARTS) is 1. The minimum atomic E-state index is -0.975. The molecule has 2 rings (SSSR count). The van der Waals surface area contributed by atoms with Gasteiger partial charge in [-0.25, -0.2) is 4.79 Å². The molecule has 7 nitrogen and oxygen atoms in total. The second-order valence-corrected chi connectivity index (χ2v) is 3.38. The zero-order chi connectivity index (χ0) is 11.0. The normalized spacial score (nSPS) is 14.0. The van der Waals surface area contributed by atoms with Gasteiger partial charge in [0.1, 0.15) is 6.54 Å². The minimum absolute atomic E-state index is 0.0111. The van der Waals surface area contributed by atoms with Crippen molar-refractivity contribution in [2.75, 3.05) is 0 Å². The third-order valence-electron chi connectivity index (χ3n) is 2.31. The van der Waals surface area contributed by atoms with Gasteiger partial charge in [0.05, 0.1) is 25.0 Å². The Hall–Kier alpha value is -2.05. The van der Waals surface area contributed by atoms with E-state index in [1.165, 1.54) is 9.58 Å². The highest BCUT2D eigenvalue weighted by Gasteiger charge is 2.26. The van der Waals surface area contributed by atoms with Gasteiger partial charge in [-0.05, 0) is 0 Å². The summed E-state index contributed by atoms with van der Waals surface area (Å²) < 4.78 is 1.45. The van der Waals surface area contributed by atoms with Crippen LogP contribution in [0.15, 0.2) is 6.20 Å². The summed E-state index contributed by atoms with van der Waals surface area (Å²) in [7, 11) is 0. The molecule has 3 N–H and O–H groups in total. The zero-order valence-electron chi connectivity index (χ0n) is 7.88. The van der Waals surface area contributed by atoms with Crippen molar-refractivity contribution in [3.05, 3.63) is 17.5 Å². The molecule has 2 heterocycles. The van der Waals surface area contributed by atoms with Crippen molar-refractivity contribution < 1.29 is 14.7 Å². The van der Waals surface area contributed by atoms with Crippen LogP contribution in [0.3, 0.4) is 0 Å². The summed E-state index contributed by atoms with van der Waals surface area (Å²) in [5, 5.41) is 12.7. The Bertz CT molecular complexity index is 426. The highest BCUT2D eigenvalue weighted by atomic mass is 16.4. The number of amides is 2. The summed E-state index contributed by atoms with van der Waals surface area (Å²) in [6, 6.07) is 0. The molecule has 0 saturated carbocycles. The smallest absolute Gasteiger partial charge is 0.407 e. The molecule has 1 aliphatic rings. The number of aromatic nitrogens is 2. The molecule has 0 aromatic carbocycles. The summed E-state index contributed by atoms with van der Waals surface area (Å²) in [4.78, 5) is 22.7. The zero-order valence-corrected chi connectivity index (χ0v) is 7.88. The van der Waals surface area contributed by atoms with E-state index in [1.54, 1.807) is 6.20 Å². The molecule has 2 amide bonds. The molecule has 1 aliphatic heterocycles. The van der Waals surface area contributed by atoms with Crippen LogP contribution in [0.25, 0.3) is 0 Å². The molecule has 0 unspecified atom stereocenters. The average molecular weight is 210 g/mol. The van der Waals surface area contributed by atoms with E-state index in [0.717, 1.165) is 11.3 Å². The lowest BCUT2D eigenvalue weighted by Gasteiger charge is -2.10. The fourth-order valence-electron chi connectivity index (χ4n) is 1.63. The lowest BCUT2D eigenvalue weighted by Crippen LogP contribution is -2.25. The molecule has 1 aromatic rings. The SMILES string of the molecule is NC(=O)Cn1ncc2c1CN(C(=O)O)C2. The monoisotopic (exact) mass is 210 g/mol. The Labute approximate surface area is 85.1 Å². The van der Waals surface area contributed by atoms with Gasteiger partial charge >= 0.3 is 6.09 Å². The first-order valence-electron chi connectivity index (χ1n) is 4.37. The Morgan fingerprint density at radius 2 is 2.27 bits per heavy atom. The molecular weight excluding hydrogens is 200 g/mol. The van der Waals surface area contributed by atoms with E-state index >= 15 is 0 Å². The van der Waals surface area contributed by atoms with E-state index in [9.17, 15) is 9.59 Å². The number of carbonyl (C=O) groups is 2. The molecule has 0 fully saturated rings. The highest BCUT2D eigenvalue weighted by molar-refractivity contribution is 5.73. The summed E-state index contributed by atoms with van der Waals surface area (Å²) in [6.07, 6.45) is 0.595. The van der Waals surface area contributed by atoms with Crippen molar-refractivity contribution in [2.24, 2.45) is 5.73 Å². The molecule has 0 bridgehead atoms. The largest absolute Gasteiger partial charge is 0.465 e. The predicted molar refractivity (Wildman–Crippen MR) is 48.7 cm³/mol. The number of rotatable bonds is 2. The summed E-state index contributed by atoms with van der Waals surface area (Å²) in [5.41, 5.74) is 6.62. The first-order valence-corrected chi connectivity index (χ1v) is 4.37. The first kappa shape index (κ1) is 9.50. The Morgan fingerprint density at radius 1 is 1.53 bits per heavy atom. The fourth-order valence-corrected chi connectivity index (χ4v) is 1.63. The van der Waals surface area contributed by atoms with Crippen LogP contribution >= 0.6 is 0 Å². The number of nitrogens with zero attached hydrogens (tertiary/aromatic N) is 3. The molecular formula is C8H10N4O3.